The molecule has 1 amide bonds. The molecule has 1 N–H and O–H groups in total. The van der Waals surface area contributed by atoms with Gasteiger partial charge in [0.2, 0.25) is 0 Å². The molecule has 4 heteroatoms. The Balaban J connectivity index is 2.17. The second-order valence-corrected chi connectivity index (χ2v) is 6.14. The molecule has 2 aromatic rings. The van der Waals surface area contributed by atoms with Crippen LogP contribution in [0.15, 0.2) is 36.4 Å². The predicted molar refractivity (Wildman–Crippen MR) is 101 cm³/mol. The van der Waals surface area contributed by atoms with E-state index in [1.54, 1.807) is 0 Å². The van der Waals surface area contributed by atoms with Gasteiger partial charge in [-0.2, -0.15) is 0 Å². The second-order valence-electron chi connectivity index (χ2n) is 6.14. The molecule has 0 saturated heterocycles. The summed E-state index contributed by atoms with van der Waals surface area (Å²) < 4.78 is 11.3. The highest BCUT2D eigenvalue weighted by molar-refractivity contribution is 5.94. The second kappa shape index (κ2) is 8.56. The molecule has 2 rings (SSSR count). The zero-order valence-corrected chi connectivity index (χ0v) is 15.7. The molecule has 0 spiro atoms. The molecule has 134 valence electrons. The quantitative estimate of drug-likeness (QED) is 0.801. The number of carbonyl (C=O) groups is 1. The van der Waals surface area contributed by atoms with Gasteiger partial charge >= 0.3 is 0 Å². The normalized spacial score (nSPS) is 11.7. The van der Waals surface area contributed by atoms with E-state index in [0.29, 0.717) is 24.5 Å². The largest absolute Gasteiger partial charge is 0.490 e. The van der Waals surface area contributed by atoms with Gasteiger partial charge in [-0.15, -0.1) is 0 Å². The minimum Gasteiger partial charge on any atom is -0.490 e. The third kappa shape index (κ3) is 4.99. The molecular weight excluding hydrogens is 314 g/mol. The first-order valence-corrected chi connectivity index (χ1v) is 8.73. The fourth-order valence-electron chi connectivity index (χ4n) is 2.81. The van der Waals surface area contributed by atoms with Crippen molar-refractivity contribution in [3.63, 3.8) is 0 Å². The molecule has 0 aliphatic rings. The Morgan fingerprint density at radius 3 is 2.16 bits per heavy atom. The van der Waals surface area contributed by atoms with Crippen LogP contribution in [0.1, 0.15) is 53.9 Å². The fourth-order valence-corrected chi connectivity index (χ4v) is 2.81. The Hall–Kier alpha value is -2.49. The number of hydrogen-bond acceptors (Lipinski definition) is 3. The third-order valence-electron chi connectivity index (χ3n) is 3.90. The summed E-state index contributed by atoms with van der Waals surface area (Å²) in [5.41, 5.74) is 3.82. The highest BCUT2D eigenvalue weighted by Gasteiger charge is 2.15. The molecule has 0 fully saturated rings. The van der Waals surface area contributed by atoms with E-state index in [1.165, 1.54) is 0 Å². The molecule has 0 heterocycles. The van der Waals surface area contributed by atoms with Gasteiger partial charge in [0.1, 0.15) is 0 Å². The van der Waals surface area contributed by atoms with Gasteiger partial charge in [0.05, 0.1) is 19.3 Å². The Labute approximate surface area is 150 Å². The molecule has 0 radical (unpaired) electrons. The smallest absolute Gasteiger partial charge is 0.251 e. The maximum atomic E-state index is 12.5. The maximum absolute atomic E-state index is 12.5. The minimum atomic E-state index is -0.136. The summed E-state index contributed by atoms with van der Waals surface area (Å²) in [5.74, 6) is 1.35. The molecule has 0 bridgehead atoms. The number of nitrogens with one attached hydrogen (secondary N) is 1. The zero-order valence-electron chi connectivity index (χ0n) is 15.7. The van der Waals surface area contributed by atoms with Crippen LogP contribution < -0.4 is 14.8 Å². The van der Waals surface area contributed by atoms with Crippen LogP contribution in [0.4, 0.5) is 0 Å². The van der Waals surface area contributed by atoms with Gasteiger partial charge in [-0.05, 0) is 64.4 Å². The molecular formula is C21H27NO3. The zero-order chi connectivity index (χ0) is 18.4. The molecule has 1 unspecified atom stereocenters. The highest BCUT2D eigenvalue weighted by Crippen LogP contribution is 2.30. The van der Waals surface area contributed by atoms with E-state index < -0.39 is 0 Å². The van der Waals surface area contributed by atoms with Crippen molar-refractivity contribution in [1.29, 1.82) is 0 Å². The lowest BCUT2D eigenvalue weighted by molar-refractivity contribution is 0.0939. The number of rotatable bonds is 7. The van der Waals surface area contributed by atoms with Crippen molar-refractivity contribution in [2.75, 3.05) is 13.2 Å². The van der Waals surface area contributed by atoms with Crippen LogP contribution in [0.5, 0.6) is 11.5 Å². The van der Waals surface area contributed by atoms with E-state index in [0.717, 1.165) is 22.4 Å². The van der Waals surface area contributed by atoms with Crippen LogP contribution in [0.2, 0.25) is 0 Å². The number of aryl methyl sites for hydroxylation is 2. The van der Waals surface area contributed by atoms with E-state index in [4.69, 9.17) is 9.47 Å². The van der Waals surface area contributed by atoms with E-state index in [-0.39, 0.29) is 11.9 Å². The van der Waals surface area contributed by atoms with Gasteiger partial charge in [-0.3, -0.25) is 4.79 Å². The van der Waals surface area contributed by atoms with Gasteiger partial charge < -0.3 is 14.8 Å². The van der Waals surface area contributed by atoms with E-state index in [1.807, 2.05) is 65.0 Å². The van der Waals surface area contributed by atoms with E-state index >= 15 is 0 Å². The van der Waals surface area contributed by atoms with Crippen LogP contribution in [-0.2, 0) is 0 Å². The van der Waals surface area contributed by atoms with Gasteiger partial charge in [-0.25, -0.2) is 0 Å². The first-order chi connectivity index (χ1) is 11.9. The molecule has 0 aromatic heterocycles. The van der Waals surface area contributed by atoms with Crippen LogP contribution in [0.25, 0.3) is 0 Å². The summed E-state index contributed by atoms with van der Waals surface area (Å²) >= 11 is 0. The van der Waals surface area contributed by atoms with Crippen molar-refractivity contribution in [3.8, 4) is 11.5 Å². The van der Waals surface area contributed by atoms with Gasteiger partial charge in [0.25, 0.3) is 5.91 Å². The maximum Gasteiger partial charge on any atom is 0.251 e. The summed E-state index contributed by atoms with van der Waals surface area (Å²) in [6, 6.07) is 11.5. The van der Waals surface area contributed by atoms with Gasteiger partial charge in [0, 0.05) is 5.56 Å². The average Bonchev–Trinajstić information content (AvgIpc) is 2.55. The van der Waals surface area contributed by atoms with Crippen molar-refractivity contribution in [2.24, 2.45) is 0 Å². The first-order valence-electron chi connectivity index (χ1n) is 8.73. The summed E-state index contributed by atoms with van der Waals surface area (Å²) in [4.78, 5) is 12.5. The van der Waals surface area contributed by atoms with E-state index in [9.17, 15) is 4.79 Å². The van der Waals surface area contributed by atoms with Crippen molar-refractivity contribution in [1.82, 2.24) is 5.32 Å². The molecule has 0 aliphatic carbocycles. The summed E-state index contributed by atoms with van der Waals surface area (Å²) in [6.45, 7) is 11.0. The SMILES string of the molecule is CCOc1ccc(C(C)NC(=O)c2cc(C)cc(C)c2)cc1OCC. The van der Waals surface area contributed by atoms with Crippen molar-refractivity contribution < 1.29 is 14.3 Å². The highest BCUT2D eigenvalue weighted by atomic mass is 16.5. The molecule has 2 aromatic carbocycles. The standard InChI is InChI=1S/C21H27NO3/c1-6-24-19-9-8-17(13-20(19)25-7-2)16(5)22-21(23)18-11-14(3)10-15(4)12-18/h8-13,16H,6-7H2,1-5H3,(H,22,23). The molecule has 0 saturated carbocycles. The summed E-state index contributed by atoms with van der Waals surface area (Å²) in [7, 11) is 0. The fraction of sp³-hybridized carbons (Fsp3) is 0.381. The van der Waals surface area contributed by atoms with Crippen molar-refractivity contribution in [3.05, 3.63) is 58.7 Å². The molecule has 4 nitrogen and oxygen atoms in total. The topological polar surface area (TPSA) is 47.6 Å². The van der Waals surface area contributed by atoms with Crippen LogP contribution >= 0.6 is 0 Å². The van der Waals surface area contributed by atoms with Gasteiger partial charge in [0.15, 0.2) is 11.5 Å². The Bertz CT molecular complexity index is 720. The number of benzene rings is 2. The van der Waals surface area contributed by atoms with Crippen molar-refractivity contribution in [2.45, 2.75) is 40.7 Å². The van der Waals surface area contributed by atoms with Crippen LogP contribution in [0, 0.1) is 13.8 Å². The van der Waals surface area contributed by atoms with Gasteiger partial charge in [-0.1, -0.05) is 23.3 Å². The summed E-state index contributed by atoms with van der Waals surface area (Å²) in [6.07, 6.45) is 0. The summed E-state index contributed by atoms with van der Waals surface area (Å²) in [5, 5.41) is 3.05. The lowest BCUT2D eigenvalue weighted by atomic mass is 10.0. The number of ether oxygens (including phenoxy) is 2. The predicted octanol–water partition coefficient (Wildman–Crippen LogP) is 4.59. The van der Waals surface area contributed by atoms with Crippen LogP contribution in [-0.4, -0.2) is 19.1 Å². The molecule has 0 aliphatic heterocycles. The lowest BCUT2D eigenvalue weighted by Gasteiger charge is -2.18. The Morgan fingerprint density at radius 2 is 1.56 bits per heavy atom. The Kier molecular flexibility index (Phi) is 6.45. The molecule has 1 atom stereocenters. The minimum absolute atomic E-state index is 0.0776. The number of amides is 1. The van der Waals surface area contributed by atoms with Crippen LogP contribution in [0.3, 0.4) is 0 Å². The van der Waals surface area contributed by atoms with Crippen molar-refractivity contribution >= 4 is 5.91 Å². The molecule has 25 heavy (non-hydrogen) atoms. The first kappa shape index (κ1) is 18.8. The average molecular weight is 341 g/mol. The lowest BCUT2D eigenvalue weighted by Crippen LogP contribution is -2.26. The Morgan fingerprint density at radius 1 is 0.960 bits per heavy atom. The number of carbonyl (C=O) groups excluding carboxylic acids is 1. The third-order valence-corrected chi connectivity index (χ3v) is 3.90. The number of hydrogen-bond donors (Lipinski definition) is 1. The van der Waals surface area contributed by atoms with E-state index in [2.05, 4.69) is 11.4 Å². The monoisotopic (exact) mass is 341 g/mol.